The Labute approximate surface area is 117 Å². The van der Waals surface area contributed by atoms with E-state index >= 15 is 0 Å². The average Bonchev–Trinajstić information content (AvgIpc) is 2.76. The van der Waals surface area contributed by atoms with E-state index in [4.69, 9.17) is 4.52 Å². The third-order valence-electron chi connectivity index (χ3n) is 3.16. The monoisotopic (exact) mass is 281 g/mol. The fourth-order valence-corrected chi connectivity index (χ4v) is 2.00. The van der Waals surface area contributed by atoms with Crippen LogP contribution in [0.4, 0.5) is 5.88 Å². The molecule has 1 aliphatic rings. The average molecular weight is 281 g/mol. The number of rotatable bonds is 3. The molecule has 1 aromatic heterocycles. The zero-order valence-corrected chi connectivity index (χ0v) is 12.1. The highest BCUT2D eigenvalue weighted by Gasteiger charge is 2.24. The summed E-state index contributed by atoms with van der Waals surface area (Å²) in [6.45, 7) is 8.00. The third kappa shape index (κ3) is 3.80. The molecule has 2 heterocycles. The molecule has 3 N–H and O–H groups in total. The standard InChI is InChI=1S/C13H20N4O3/c1-13(2,3)9-6-12(20-16-9)15-11(19)8-17-5-4-14-10(18)7-17/h6H,4-5,7-8H2,1-3H3,(H,14,18)(H,15,19)/p+1. The van der Waals surface area contributed by atoms with E-state index in [-0.39, 0.29) is 23.8 Å². The summed E-state index contributed by atoms with van der Waals surface area (Å²) < 4.78 is 5.10. The van der Waals surface area contributed by atoms with E-state index in [2.05, 4.69) is 15.8 Å². The first-order valence-electron chi connectivity index (χ1n) is 6.72. The van der Waals surface area contributed by atoms with Crippen molar-refractivity contribution < 1.29 is 19.0 Å². The van der Waals surface area contributed by atoms with Crippen molar-refractivity contribution in [2.75, 3.05) is 31.5 Å². The van der Waals surface area contributed by atoms with Gasteiger partial charge in [-0.15, -0.1) is 0 Å². The molecule has 20 heavy (non-hydrogen) atoms. The van der Waals surface area contributed by atoms with Gasteiger partial charge in [0.05, 0.1) is 18.8 Å². The number of carbonyl (C=O) groups excluding carboxylic acids is 2. The zero-order valence-electron chi connectivity index (χ0n) is 12.1. The van der Waals surface area contributed by atoms with Gasteiger partial charge < -0.3 is 14.7 Å². The molecule has 7 nitrogen and oxygen atoms in total. The van der Waals surface area contributed by atoms with Gasteiger partial charge in [0.25, 0.3) is 11.8 Å². The van der Waals surface area contributed by atoms with Gasteiger partial charge in [-0.05, 0) is 0 Å². The maximum absolute atomic E-state index is 11.9. The summed E-state index contributed by atoms with van der Waals surface area (Å²) in [5.41, 5.74) is 0.667. The minimum absolute atomic E-state index is 0.0197. The Morgan fingerprint density at radius 2 is 2.30 bits per heavy atom. The Hall–Kier alpha value is -1.89. The number of nitrogens with one attached hydrogen (secondary N) is 3. The van der Waals surface area contributed by atoms with E-state index in [1.807, 2.05) is 20.8 Å². The molecule has 0 radical (unpaired) electrons. The molecule has 0 aromatic carbocycles. The van der Waals surface area contributed by atoms with E-state index in [0.29, 0.717) is 19.0 Å². The number of amides is 2. The molecule has 0 spiro atoms. The Bertz CT molecular complexity index is 504. The van der Waals surface area contributed by atoms with Crippen LogP contribution < -0.4 is 15.5 Å². The fraction of sp³-hybridized carbons (Fsp3) is 0.615. The highest BCUT2D eigenvalue weighted by molar-refractivity contribution is 5.90. The number of anilines is 1. The van der Waals surface area contributed by atoms with Crippen LogP contribution in [0.5, 0.6) is 0 Å². The highest BCUT2D eigenvalue weighted by Crippen LogP contribution is 2.23. The molecule has 7 heteroatoms. The van der Waals surface area contributed by atoms with Crippen LogP contribution >= 0.6 is 0 Å². The van der Waals surface area contributed by atoms with Crippen LogP contribution in [-0.4, -0.2) is 43.2 Å². The van der Waals surface area contributed by atoms with Gasteiger partial charge in [-0.25, -0.2) is 0 Å². The van der Waals surface area contributed by atoms with E-state index in [1.54, 1.807) is 6.07 Å². The minimum atomic E-state index is -0.175. The second-order valence-electron chi connectivity index (χ2n) is 6.08. The molecule has 110 valence electrons. The molecule has 1 atom stereocenters. The minimum Gasteiger partial charge on any atom is -0.346 e. The summed E-state index contributed by atoms with van der Waals surface area (Å²) in [7, 11) is 0. The molecule has 1 unspecified atom stereocenters. The normalized spacial score (nSPS) is 19.6. The highest BCUT2D eigenvalue weighted by atomic mass is 16.5. The SMILES string of the molecule is CC(C)(C)c1cc(NC(=O)C[NH+]2CCNC(=O)C2)on1. The second kappa shape index (κ2) is 5.62. The first-order valence-corrected chi connectivity index (χ1v) is 6.72. The topological polar surface area (TPSA) is 88.7 Å². The predicted molar refractivity (Wildman–Crippen MR) is 72.4 cm³/mol. The van der Waals surface area contributed by atoms with Gasteiger partial charge in [-0.3, -0.25) is 14.9 Å². The maximum atomic E-state index is 11.9. The van der Waals surface area contributed by atoms with E-state index in [0.717, 1.165) is 17.1 Å². The van der Waals surface area contributed by atoms with Crippen molar-refractivity contribution in [2.24, 2.45) is 0 Å². The molecular weight excluding hydrogens is 260 g/mol. The Morgan fingerprint density at radius 1 is 1.55 bits per heavy atom. The lowest BCUT2D eigenvalue weighted by atomic mass is 9.92. The summed E-state index contributed by atoms with van der Waals surface area (Å²) in [6.07, 6.45) is 0. The molecule has 2 rings (SSSR count). The van der Waals surface area contributed by atoms with E-state index < -0.39 is 0 Å². The summed E-state index contributed by atoms with van der Waals surface area (Å²) in [5, 5.41) is 9.35. The summed E-state index contributed by atoms with van der Waals surface area (Å²) in [4.78, 5) is 24.1. The molecule has 0 bridgehead atoms. The molecule has 1 fully saturated rings. The Kier molecular flexibility index (Phi) is 4.08. The molecule has 1 saturated heterocycles. The van der Waals surface area contributed by atoms with Gasteiger partial charge in [0.2, 0.25) is 5.88 Å². The number of nitrogens with zero attached hydrogens (tertiary/aromatic N) is 1. The van der Waals surface area contributed by atoms with Crippen LogP contribution in [0.1, 0.15) is 26.5 Å². The molecule has 2 amide bonds. The zero-order chi connectivity index (χ0) is 14.8. The number of quaternary nitrogens is 1. The lowest BCUT2D eigenvalue weighted by molar-refractivity contribution is -0.885. The number of carbonyl (C=O) groups is 2. The van der Waals surface area contributed by atoms with Crippen molar-refractivity contribution >= 4 is 17.7 Å². The van der Waals surface area contributed by atoms with Gasteiger partial charge in [-0.2, -0.15) is 0 Å². The van der Waals surface area contributed by atoms with Crippen molar-refractivity contribution in [2.45, 2.75) is 26.2 Å². The lowest BCUT2D eigenvalue weighted by Gasteiger charge is -2.22. The van der Waals surface area contributed by atoms with Crippen LogP contribution in [0.25, 0.3) is 0 Å². The molecule has 0 saturated carbocycles. The van der Waals surface area contributed by atoms with E-state index in [1.165, 1.54) is 0 Å². The van der Waals surface area contributed by atoms with Crippen LogP contribution in [0.3, 0.4) is 0 Å². The fourth-order valence-electron chi connectivity index (χ4n) is 2.00. The largest absolute Gasteiger partial charge is 0.346 e. The molecule has 1 aliphatic heterocycles. The third-order valence-corrected chi connectivity index (χ3v) is 3.16. The first-order chi connectivity index (χ1) is 9.34. The van der Waals surface area contributed by atoms with Crippen molar-refractivity contribution in [1.82, 2.24) is 10.5 Å². The molecular formula is C13H21N4O3+. The Balaban J connectivity index is 1.88. The van der Waals surface area contributed by atoms with Crippen molar-refractivity contribution in [3.05, 3.63) is 11.8 Å². The van der Waals surface area contributed by atoms with Crippen LogP contribution in [-0.2, 0) is 15.0 Å². The van der Waals surface area contributed by atoms with Crippen LogP contribution in [0, 0.1) is 0 Å². The van der Waals surface area contributed by atoms with Gasteiger partial charge in [0.15, 0.2) is 13.1 Å². The quantitative estimate of drug-likeness (QED) is 0.658. The van der Waals surface area contributed by atoms with Gasteiger partial charge >= 0.3 is 0 Å². The predicted octanol–water partition coefficient (Wildman–Crippen LogP) is -1.07. The van der Waals surface area contributed by atoms with Crippen molar-refractivity contribution in [3.63, 3.8) is 0 Å². The lowest BCUT2D eigenvalue weighted by Crippen LogP contribution is -3.16. The van der Waals surface area contributed by atoms with Crippen LogP contribution in [0.15, 0.2) is 10.6 Å². The molecule has 1 aromatic rings. The first kappa shape index (κ1) is 14.5. The van der Waals surface area contributed by atoms with Crippen LogP contribution in [0.2, 0.25) is 0 Å². The smallest absolute Gasteiger partial charge is 0.281 e. The summed E-state index contributed by atoms with van der Waals surface area (Å²) in [6, 6.07) is 1.73. The number of hydrogen-bond donors (Lipinski definition) is 3. The molecule has 0 aliphatic carbocycles. The number of aromatic nitrogens is 1. The van der Waals surface area contributed by atoms with E-state index in [9.17, 15) is 9.59 Å². The number of hydrogen-bond acceptors (Lipinski definition) is 4. The van der Waals surface area contributed by atoms with Gasteiger partial charge in [0.1, 0.15) is 0 Å². The number of piperazine rings is 1. The van der Waals surface area contributed by atoms with Crippen molar-refractivity contribution in [3.8, 4) is 0 Å². The summed E-state index contributed by atoms with van der Waals surface area (Å²) >= 11 is 0. The summed E-state index contributed by atoms with van der Waals surface area (Å²) in [5.74, 6) is 0.154. The Morgan fingerprint density at radius 3 is 2.90 bits per heavy atom. The maximum Gasteiger partial charge on any atom is 0.281 e. The van der Waals surface area contributed by atoms with Gasteiger partial charge in [-0.1, -0.05) is 25.9 Å². The van der Waals surface area contributed by atoms with Crippen molar-refractivity contribution in [1.29, 1.82) is 0 Å². The second-order valence-corrected chi connectivity index (χ2v) is 6.08. The van der Waals surface area contributed by atoms with Gasteiger partial charge in [0, 0.05) is 11.5 Å².